The molecule has 2 nitrogen and oxygen atoms in total. The predicted octanol–water partition coefficient (Wildman–Crippen LogP) is 2.14. The molecule has 0 spiro atoms. The number of anilines is 1. The van der Waals surface area contributed by atoms with Crippen LogP contribution in [0.5, 0.6) is 0 Å². The van der Waals surface area contributed by atoms with E-state index in [0.717, 1.165) is 0 Å². The minimum atomic E-state index is -2.84. The summed E-state index contributed by atoms with van der Waals surface area (Å²) in [6.45, 7) is 0. The molecule has 70 valence electrons. The summed E-state index contributed by atoms with van der Waals surface area (Å²) in [4.78, 5) is 11.2. The third-order valence-electron chi connectivity index (χ3n) is 1.05. The van der Waals surface area contributed by atoms with E-state index in [0.29, 0.717) is 0 Å². The molecular formula is C8H6ClF2NO. The van der Waals surface area contributed by atoms with Gasteiger partial charge < -0.3 is 5.32 Å². The van der Waals surface area contributed by atoms with Crippen molar-refractivity contribution >= 4 is 23.2 Å². The number of carbonyl (C=O) groups excluding carboxylic acids is 1. The van der Waals surface area contributed by atoms with Gasteiger partial charge in [-0.25, -0.2) is 8.78 Å². The van der Waals surface area contributed by atoms with Crippen molar-refractivity contribution < 1.29 is 20.4 Å². The SMILES string of the molecule is [2H]c1c([2H])c(NC(=O)C([2H])([2H])Cl)c([2H])c(F)c1F. The second-order valence-electron chi connectivity index (χ2n) is 1.93. The summed E-state index contributed by atoms with van der Waals surface area (Å²) in [7, 11) is 0. The van der Waals surface area contributed by atoms with Gasteiger partial charge in [0.1, 0.15) is 5.83 Å². The van der Waals surface area contributed by atoms with Crippen molar-refractivity contribution in [1.29, 1.82) is 0 Å². The fourth-order valence-corrected chi connectivity index (χ4v) is 0.615. The molecule has 5 heteroatoms. The Bertz CT molecular complexity index is 490. The zero-order valence-corrected chi connectivity index (χ0v) is 6.80. The van der Waals surface area contributed by atoms with Crippen LogP contribution in [-0.4, -0.2) is 11.7 Å². The highest BCUT2D eigenvalue weighted by atomic mass is 35.5. The Kier molecular flexibility index (Phi) is 1.58. The maximum absolute atomic E-state index is 13.1. The van der Waals surface area contributed by atoms with Gasteiger partial charge in [0.05, 0.1) is 6.85 Å². The minimum Gasteiger partial charge on any atom is -0.325 e. The zero-order valence-electron chi connectivity index (χ0n) is 11.0. The van der Waals surface area contributed by atoms with Crippen LogP contribution in [0.4, 0.5) is 14.5 Å². The first kappa shape index (κ1) is 4.91. The number of amides is 1. The molecule has 0 heterocycles. The lowest BCUT2D eigenvalue weighted by molar-refractivity contribution is -0.113. The second kappa shape index (κ2) is 4.18. The van der Waals surface area contributed by atoms with Gasteiger partial charge in [-0.2, -0.15) is 0 Å². The van der Waals surface area contributed by atoms with E-state index in [4.69, 9.17) is 18.5 Å². The summed E-state index contributed by atoms with van der Waals surface area (Å²) >= 11 is 5.03. The number of hydrogen-bond acceptors (Lipinski definition) is 1. The number of benzene rings is 1. The number of halogens is 3. The number of nitrogens with one attached hydrogen (secondary N) is 1. The Morgan fingerprint density at radius 3 is 2.92 bits per heavy atom. The molecule has 1 aromatic rings. The average Bonchev–Trinajstić information content (AvgIpc) is 2.28. The monoisotopic (exact) mass is 210 g/mol. The Labute approximate surface area is 85.5 Å². The van der Waals surface area contributed by atoms with Gasteiger partial charge in [-0.3, -0.25) is 4.79 Å². The summed E-state index contributed by atoms with van der Waals surface area (Å²) in [6, 6.07) is -3.23. The lowest BCUT2D eigenvalue weighted by Gasteiger charge is -2.02. The van der Waals surface area contributed by atoms with Crippen LogP contribution >= 0.6 is 11.6 Å². The number of rotatable bonds is 2. The van der Waals surface area contributed by atoms with E-state index >= 15 is 0 Å². The molecule has 1 rings (SSSR count). The lowest BCUT2D eigenvalue weighted by Crippen LogP contribution is -2.12. The molecule has 0 aliphatic rings. The molecule has 0 bridgehead atoms. The quantitative estimate of drug-likeness (QED) is 0.745. The first-order valence-electron chi connectivity index (χ1n) is 5.52. The molecule has 1 N–H and O–H groups in total. The first-order valence-corrected chi connectivity index (χ1v) is 3.40. The van der Waals surface area contributed by atoms with Crippen LogP contribution in [0.3, 0.4) is 0 Å². The van der Waals surface area contributed by atoms with Crippen molar-refractivity contribution in [2.45, 2.75) is 0 Å². The lowest BCUT2D eigenvalue weighted by atomic mass is 10.3. The fourth-order valence-electron chi connectivity index (χ4n) is 0.568. The van der Waals surface area contributed by atoms with Crippen molar-refractivity contribution in [1.82, 2.24) is 0 Å². The highest BCUT2D eigenvalue weighted by Crippen LogP contribution is 2.12. The van der Waals surface area contributed by atoms with Gasteiger partial charge >= 0.3 is 0 Å². The number of alkyl halides is 1. The maximum Gasteiger partial charge on any atom is 0.239 e. The summed E-state index contributed by atoms with van der Waals surface area (Å²) in [5.74, 6) is -7.68. The fraction of sp³-hybridized carbons (Fsp3) is 0.125. The molecule has 0 radical (unpaired) electrons. The van der Waals surface area contributed by atoms with Crippen LogP contribution in [0.15, 0.2) is 18.1 Å². The molecule has 1 amide bonds. The maximum atomic E-state index is 13.1. The van der Waals surface area contributed by atoms with Crippen molar-refractivity contribution in [3.63, 3.8) is 0 Å². The van der Waals surface area contributed by atoms with Crippen LogP contribution in [0.2, 0.25) is 0 Å². The molecule has 0 aliphatic heterocycles. The summed E-state index contributed by atoms with van der Waals surface area (Å²) in [5.41, 5.74) is -0.812. The van der Waals surface area contributed by atoms with Gasteiger partial charge in [0.2, 0.25) is 5.91 Å². The standard InChI is InChI=1S/C8H6ClF2NO/c9-4-8(13)12-5-1-2-6(10)7(11)3-5/h1-3H,4H2,(H,12,13)/i1D,2D,3D,4D2. The topological polar surface area (TPSA) is 29.1 Å². The normalized spacial score (nSPS) is 16.4. The van der Waals surface area contributed by atoms with Crippen LogP contribution in [0, 0.1) is 11.6 Å². The summed E-state index contributed by atoms with van der Waals surface area (Å²) in [5, 5.41) is 1.68. The Balaban J connectivity index is 3.31. The summed E-state index contributed by atoms with van der Waals surface area (Å²) in [6.07, 6.45) is 0. The molecule has 1 aromatic carbocycles. The molecular weight excluding hydrogens is 200 g/mol. The largest absolute Gasteiger partial charge is 0.325 e. The molecule has 13 heavy (non-hydrogen) atoms. The van der Waals surface area contributed by atoms with Gasteiger partial charge in [-0.15, -0.1) is 11.6 Å². The van der Waals surface area contributed by atoms with Gasteiger partial charge in [-0.05, 0) is 12.1 Å². The number of hydrogen-bond donors (Lipinski definition) is 1. The summed E-state index contributed by atoms with van der Waals surface area (Å²) < 4.78 is 61.4. The third-order valence-corrected chi connectivity index (χ3v) is 1.22. The van der Waals surface area contributed by atoms with Crippen LogP contribution < -0.4 is 5.32 Å². The Hall–Kier alpha value is -1.16. The Morgan fingerprint density at radius 2 is 2.31 bits per heavy atom. The van der Waals surface area contributed by atoms with E-state index in [2.05, 4.69) is 0 Å². The zero-order chi connectivity index (χ0) is 14.2. The van der Waals surface area contributed by atoms with Gasteiger partial charge in [0.25, 0.3) is 0 Å². The van der Waals surface area contributed by atoms with Crippen molar-refractivity contribution in [3.8, 4) is 0 Å². The van der Waals surface area contributed by atoms with E-state index in [9.17, 15) is 13.6 Å². The smallest absolute Gasteiger partial charge is 0.239 e. The van der Waals surface area contributed by atoms with E-state index in [1.807, 2.05) is 0 Å². The molecule has 0 saturated carbocycles. The van der Waals surface area contributed by atoms with Crippen molar-refractivity contribution in [2.75, 3.05) is 11.1 Å². The molecule has 0 unspecified atom stereocenters. The van der Waals surface area contributed by atoms with E-state index in [1.54, 1.807) is 5.32 Å². The Morgan fingerprint density at radius 1 is 1.62 bits per heavy atom. The van der Waals surface area contributed by atoms with Crippen molar-refractivity contribution in [2.24, 2.45) is 0 Å². The first-order chi connectivity index (χ1) is 8.07. The average molecular weight is 211 g/mol. The van der Waals surface area contributed by atoms with E-state index in [-0.39, 0.29) is 0 Å². The highest BCUT2D eigenvalue weighted by Gasteiger charge is 2.04. The van der Waals surface area contributed by atoms with Crippen LogP contribution in [0.1, 0.15) is 6.85 Å². The minimum absolute atomic E-state index is 0.812. The molecule has 0 fully saturated rings. The second-order valence-corrected chi connectivity index (χ2v) is 2.12. The van der Waals surface area contributed by atoms with Gasteiger partial charge in [0, 0.05) is 11.7 Å². The van der Waals surface area contributed by atoms with Gasteiger partial charge in [-0.1, -0.05) is 0 Å². The third kappa shape index (κ3) is 2.66. The van der Waals surface area contributed by atoms with Crippen LogP contribution in [0.25, 0.3) is 0 Å². The van der Waals surface area contributed by atoms with E-state index < -0.39 is 47.2 Å². The molecule has 0 saturated heterocycles. The molecule has 0 aromatic heterocycles. The molecule has 0 atom stereocenters. The predicted molar refractivity (Wildman–Crippen MR) is 45.7 cm³/mol. The highest BCUT2D eigenvalue weighted by molar-refractivity contribution is 6.29. The number of carbonyl (C=O) groups is 1. The van der Waals surface area contributed by atoms with Crippen LogP contribution in [-0.2, 0) is 4.79 Å². The van der Waals surface area contributed by atoms with E-state index in [1.165, 1.54) is 0 Å². The van der Waals surface area contributed by atoms with Crippen molar-refractivity contribution in [3.05, 3.63) is 29.8 Å². The molecule has 0 aliphatic carbocycles. The van der Waals surface area contributed by atoms with Gasteiger partial charge in [0.15, 0.2) is 11.6 Å².